The van der Waals surface area contributed by atoms with Gasteiger partial charge in [-0.15, -0.1) is 0 Å². The molecule has 3 nitrogen and oxygen atoms in total. The van der Waals surface area contributed by atoms with E-state index in [1.165, 1.54) is 12.0 Å². The molecule has 4 unspecified atom stereocenters. The first-order valence-electron chi connectivity index (χ1n) is 7.09. The standard InChI is InChI=1S/C15H25NO2/c1-5-18-15(17)7-12-13-8-16(4)9-14(12)11(3)6-10(13)2/h7,10-11,13-14H,5-6,8-9H2,1-4H3. The number of nitrogens with zero attached hydrogens (tertiary/aromatic N) is 1. The van der Waals surface area contributed by atoms with Crippen LogP contribution in [-0.4, -0.2) is 37.6 Å². The third-order valence-electron chi connectivity index (χ3n) is 4.56. The normalized spacial score (nSPS) is 36.3. The van der Waals surface area contributed by atoms with Gasteiger partial charge in [0.2, 0.25) is 0 Å². The van der Waals surface area contributed by atoms with Gasteiger partial charge >= 0.3 is 5.97 Å². The number of hydrogen-bond acceptors (Lipinski definition) is 3. The Balaban J connectivity index is 2.24. The Morgan fingerprint density at radius 3 is 2.39 bits per heavy atom. The molecule has 0 aromatic heterocycles. The van der Waals surface area contributed by atoms with E-state index in [0.717, 1.165) is 13.1 Å². The Hall–Kier alpha value is -0.830. The highest BCUT2D eigenvalue weighted by Crippen LogP contribution is 2.45. The highest BCUT2D eigenvalue weighted by atomic mass is 16.5. The molecule has 2 fully saturated rings. The maximum atomic E-state index is 11.7. The lowest BCUT2D eigenvalue weighted by molar-refractivity contribution is -0.137. The molecular weight excluding hydrogens is 226 g/mol. The Bertz CT molecular complexity index is 330. The molecule has 1 aliphatic carbocycles. The van der Waals surface area contributed by atoms with Gasteiger partial charge in [0.1, 0.15) is 0 Å². The molecule has 0 amide bonds. The molecule has 0 N–H and O–H groups in total. The molecule has 2 rings (SSSR count). The summed E-state index contributed by atoms with van der Waals surface area (Å²) in [5.41, 5.74) is 1.35. The number of piperidine rings is 1. The van der Waals surface area contributed by atoms with Crippen molar-refractivity contribution >= 4 is 5.97 Å². The summed E-state index contributed by atoms with van der Waals surface area (Å²) in [5.74, 6) is 2.25. The second-order valence-electron chi connectivity index (χ2n) is 6.02. The fourth-order valence-corrected chi connectivity index (χ4v) is 3.70. The summed E-state index contributed by atoms with van der Waals surface area (Å²) in [6, 6.07) is 0. The van der Waals surface area contributed by atoms with Crippen molar-refractivity contribution in [2.75, 3.05) is 26.7 Å². The number of likely N-dealkylation sites (tertiary alicyclic amines) is 1. The minimum atomic E-state index is -0.159. The van der Waals surface area contributed by atoms with Crippen molar-refractivity contribution in [1.82, 2.24) is 4.90 Å². The minimum absolute atomic E-state index is 0.159. The molecule has 2 bridgehead atoms. The van der Waals surface area contributed by atoms with Crippen LogP contribution in [0.2, 0.25) is 0 Å². The quantitative estimate of drug-likeness (QED) is 0.557. The lowest BCUT2D eigenvalue weighted by Gasteiger charge is -2.48. The first-order valence-corrected chi connectivity index (χ1v) is 7.09. The van der Waals surface area contributed by atoms with E-state index in [1.807, 2.05) is 6.92 Å². The molecule has 0 radical (unpaired) electrons. The van der Waals surface area contributed by atoms with Gasteiger partial charge in [-0.05, 0) is 44.1 Å². The zero-order valence-corrected chi connectivity index (χ0v) is 12.0. The van der Waals surface area contributed by atoms with E-state index < -0.39 is 0 Å². The second-order valence-corrected chi connectivity index (χ2v) is 6.02. The molecular formula is C15H25NO2. The summed E-state index contributed by atoms with van der Waals surface area (Å²) in [5, 5.41) is 0. The lowest BCUT2D eigenvalue weighted by atomic mass is 9.64. The minimum Gasteiger partial charge on any atom is -0.463 e. The molecule has 1 heterocycles. The fourth-order valence-electron chi connectivity index (χ4n) is 3.70. The maximum Gasteiger partial charge on any atom is 0.330 e. The fraction of sp³-hybridized carbons (Fsp3) is 0.800. The number of carbonyl (C=O) groups is 1. The van der Waals surface area contributed by atoms with Crippen LogP contribution in [0.25, 0.3) is 0 Å². The SMILES string of the molecule is CCOC(=O)C=C1C2CN(C)CC1C(C)CC2C. The summed E-state index contributed by atoms with van der Waals surface area (Å²) in [6.45, 7) is 9.11. The van der Waals surface area contributed by atoms with Gasteiger partial charge in [0.15, 0.2) is 0 Å². The highest BCUT2D eigenvalue weighted by molar-refractivity contribution is 5.83. The molecule has 0 aromatic rings. The van der Waals surface area contributed by atoms with E-state index in [1.54, 1.807) is 6.08 Å². The first kappa shape index (κ1) is 13.6. The molecule has 1 saturated heterocycles. The highest BCUT2D eigenvalue weighted by Gasteiger charge is 2.41. The number of rotatable bonds is 2. The van der Waals surface area contributed by atoms with Crippen molar-refractivity contribution in [1.29, 1.82) is 0 Å². The Kier molecular flexibility index (Phi) is 4.10. The van der Waals surface area contributed by atoms with Crippen LogP contribution >= 0.6 is 0 Å². The molecule has 2 aliphatic rings. The van der Waals surface area contributed by atoms with Gasteiger partial charge < -0.3 is 9.64 Å². The molecule has 1 saturated carbocycles. The molecule has 0 spiro atoms. The van der Waals surface area contributed by atoms with Crippen molar-refractivity contribution in [2.45, 2.75) is 27.2 Å². The second kappa shape index (κ2) is 5.43. The summed E-state index contributed by atoms with van der Waals surface area (Å²) in [7, 11) is 2.19. The zero-order chi connectivity index (χ0) is 13.3. The third kappa shape index (κ3) is 2.61. The maximum absolute atomic E-state index is 11.7. The van der Waals surface area contributed by atoms with Crippen LogP contribution in [0.1, 0.15) is 27.2 Å². The van der Waals surface area contributed by atoms with Crippen molar-refractivity contribution in [3.8, 4) is 0 Å². The summed E-state index contributed by atoms with van der Waals surface area (Å²) in [4.78, 5) is 14.1. The predicted octanol–water partition coefficient (Wildman–Crippen LogP) is 2.33. The van der Waals surface area contributed by atoms with Crippen LogP contribution in [0.5, 0.6) is 0 Å². The lowest BCUT2D eigenvalue weighted by Crippen LogP contribution is -2.48. The molecule has 3 heteroatoms. The van der Waals surface area contributed by atoms with Crippen molar-refractivity contribution < 1.29 is 9.53 Å². The van der Waals surface area contributed by atoms with E-state index >= 15 is 0 Å². The molecule has 0 aromatic carbocycles. The van der Waals surface area contributed by atoms with Gasteiger partial charge in [-0.1, -0.05) is 19.4 Å². The number of ether oxygens (including phenoxy) is 1. The van der Waals surface area contributed by atoms with Crippen molar-refractivity contribution in [3.63, 3.8) is 0 Å². The monoisotopic (exact) mass is 251 g/mol. The zero-order valence-electron chi connectivity index (χ0n) is 12.0. The predicted molar refractivity (Wildman–Crippen MR) is 72.1 cm³/mol. The van der Waals surface area contributed by atoms with E-state index in [9.17, 15) is 4.79 Å². The third-order valence-corrected chi connectivity index (χ3v) is 4.56. The topological polar surface area (TPSA) is 29.5 Å². The number of fused-ring (bicyclic) bond motifs is 2. The largest absolute Gasteiger partial charge is 0.463 e. The van der Waals surface area contributed by atoms with Crippen LogP contribution in [0, 0.1) is 23.7 Å². The summed E-state index contributed by atoms with van der Waals surface area (Å²) < 4.78 is 5.08. The van der Waals surface area contributed by atoms with Crippen LogP contribution in [0.15, 0.2) is 11.6 Å². The average molecular weight is 251 g/mol. The Morgan fingerprint density at radius 1 is 1.33 bits per heavy atom. The molecule has 1 aliphatic heterocycles. The van der Waals surface area contributed by atoms with E-state index in [-0.39, 0.29) is 5.97 Å². The molecule has 4 atom stereocenters. The van der Waals surface area contributed by atoms with Crippen LogP contribution < -0.4 is 0 Å². The number of hydrogen-bond donors (Lipinski definition) is 0. The van der Waals surface area contributed by atoms with Gasteiger partial charge in [-0.3, -0.25) is 0 Å². The summed E-state index contributed by atoms with van der Waals surface area (Å²) >= 11 is 0. The van der Waals surface area contributed by atoms with Gasteiger partial charge in [-0.2, -0.15) is 0 Å². The summed E-state index contributed by atoms with van der Waals surface area (Å²) in [6.07, 6.45) is 3.07. The average Bonchev–Trinajstić information content (AvgIpc) is 2.29. The van der Waals surface area contributed by atoms with Crippen LogP contribution in [0.3, 0.4) is 0 Å². The number of esters is 1. The van der Waals surface area contributed by atoms with E-state index in [0.29, 0.717) is 30.3 Å². The molecule has 102 valence electrons. The Morgan fingerprint density at radius 2 is 1.89 bits per heavy atom. The van der Waals surface area contributed by atoms with Crippen LogP contribution in [-0.2, 0) is 9.53 Å². The Labute approximate surface area is 110 Å². The van der Waals surface area contributed by atoms with Gasteiger partial charge in [-0.25, -0.2) is 4.79 Å². The van der Waals surface area contributed by atoms with Crippen molar-refractivity contribution in [3.05, 3.63) is 11.6 Å². The van der Waals surface area contributed by atoms with Gasteiger partial charge in [0.25, 0.3) is 0 Å². The molecule has 18 heavy (non-hydrogen) atoms. The van der Waals surface area contributed by atoms with Crippen molar-refractivity contribution in [2.24, 2.45) is 23.7 Å². The van der Waals surface area contributed by atoms with Gasteiger partial charge in [0, 0.05) is 19.2 Å². The van der Waals surface area contributed by atoms with Crippen LogP contribution in [0.4, 0.5) is 0 Å². The van der Waals surface area contributed by atoms with E-state index in [2.05, 4.69) is 25.8 Å². The smallest absolute Gasteiger partial charge is 0.330 e. The number of carbonyl (C=O) groups excluding carboxylic acids is 1. The van der Waals surface area contributed by atoms with E-state index in [4.69, 9.17) is 4.74 Å². The first-order chi connectivity index (χ1) is 8.52. The van der Waals surface area contributed by atoms with Gasteiger partial charge in [0.05, 0.1) is 6.61 Å².